The van der Waals surface area contributed by atoms with Crippen LogP contribution in [0.4, 0.5) is 4.39 Å². The van der Waals surface area contributed by atoms with Crippen molar-refractivity contribution in [3.8, 4) is 11.5 Å². The van der Waals surface area contributed by atoms with E-state index in [1.54, 1.807) is 30.3 Å². The first-order valence-corrected chi connectivity index (χ1v) is 6.07. The average Bonchev–Trinajstić information content (AvgIpc) is 2.41. The van der Waals surface area contributed by atoms with E-state index in [0.29, 0.717) is 16.3 Å². The molecule has 0 saturated heterocycles. The first-order valence-electron chi connectivity index (χ1n) is 5.69. The van der Waals surface area contributed by atoms with E-state index in [4.69, 9.17) is 21.4 Å². The lowest BCUT2D eigenvalue weighted by Gasteiger charge is -2.09. The van der Waals surface area contributed by atoms with E-state index in [1.165, 1.54) is 18.2 Å². The molecule has 2 aromatic rings. The molecule has 0 aliphatic carbocycles. The first-order chi connectivity index (χ1) is 9.56. The minimum Gasteiger partial charge on any atom is -0.478 e. The maximum absolute atomic E-state index is 13.8. The van der Waals surface area contributed by atoms with Gasteiger partial charge in [0.1, 0.15) is 5.75 Å². The summed E-state index contributed by atoms with van der Waals surface area (Å²) in [6.45, 7) is 0. The van der Waals surface area contributed by atoms with Crippen LogP contribution in [-0.4, -0.2) is 11.1 Å². The summed E-state index contributed by atoms with van der Waals surface area (Å²) < 4.78 is 19.3. The van der Waals surface area contributed by atoms with Crippen molar-refractivity contribution in [2.24, 2.45) is 0 Å². The first kappa shape index (κ1) is 14.1. The second-order valence-corrected chi connectivity index (χ2v) is 4.32. The van der Waals surface area contributed by atoms with Crippen LogP contribution >= 0.6 is 11.6 Å². The number of para-hydroxylation sites is 1. The van der Waals surface area contributed by atoms with Crippen LogP contribution in [0.15, 0.2) is 48.5 Å². The van der Waals surface area contributed by atoms with Crippen LogP contribution in [0.25, 0.3) is 6.08 Å². The summed E-state index contributed by atoms with van der Waals surface area (Å²) in [5.74, 6) is -1.32. The topological polar surface area (TPSA) is 46.5 Å². The summed E-state index contributed by atoms with van der Waals surface area (Å²) in [6, 6.07) is 10.7. The molecule has 0 unspecified atom stereocenters. The van der Waals surface area contributed by atoms with Gasteiger partial charge in [-0.05, 0) is 36.4 Å². The zero-order valence-corrected chi connectivity index (χ0v) is 11.0. The van der Waals surface area contributed by atoms with Gasteiger partial charge in [0.05, 0.1) is 0 Å². The largest absolute Gasteiger partial charge is 0.478 e. The minimum absolute atomic E-state index is 0.0349. The Hall–Kier alpha value is -2.33. The standard InChI is InChI=1S/C15H10ClFO3/c16-11-5-7-12(8-6-11)20-15-10(4-9-14(18)19)2-1-3-13(15)17/h1-9H,(H,18,19)/b9-4+. The highest BCUT2D eigenvalue weighted by Crippen LogP contribution is 2.30. The second-order valence-electron chi connectivity index (χ2n) is 3.89. The lowest BCUT2D eigenvalue weighted by molar-refractivity contribution is -0.131. The van der Waals surface area contributed by atoms with Crippen LogP contribution in [0.5, 0.6) is 11.5 Å². The highest BCUT2D eigenvalue weighted by atomic mass is 35.5. The zero-order valence-electron chi connectivity index (χ0n) is 10.2. The van der Waals surface area contributed by atoms with Gasteiger partial charge in [-0.15, -0.1) is 0 Å². The summed E-state index contributed by atoms with van der Waals surface area (Å²) in [7, 11) is 0. The molecule has 0 aliphatic heterocycles. The van der Waals surface area contributed by atoms with Crippen molar-refractivity contribution >= 4 is 23.6 Å². The number of carbonyl (C=O) groups is 1. The number of carboxylic acids is 1. The molecule has 20 heavy (non-hydrogen) atoms. The Morgan fingerprint density at radius 2 is 1.90 bits per heavy atom. The molecule has 0 fully saturated rings. The average molecular weight is 293 g/mol. The SMILES string of the molecule is O=C(O)/C=C/c1cccc(F)c1Oc1ccc(Cl)cc1. The van der Waals surface area contributed by atoms with Gasteiger partial charge in [-0.1, -0.05) is 23.7 Å². The fourth-order valence-electron chi connectivity index (χ4n) is 1.55. The van der Waals surface area contributed by atoms with Crippen molar-refractivity contribution < 1.29 is 19.0 Å². The Morgan fingerprint density at radius 3 is 2.55 bits per heavy atom. The van der Waals surface area contributed by atoms with E-state index in [2.05, 4.69) is 0 Å². The van der Waals surface area contributed by atoms with Crippen molar-refractivity contribution in [1.29, 1.82) is 0 Å². The maximum Gasteiger partial charge on any atom is 0.328 e. The fraction of sp³-hybridized carbons (Fsp3) is 0. The molecule has 2 rings (SSSR count). The molecule has 0 heterocycles. The summed E-state index contributed by atoms with van der Waals surface area (Å²) in [6.07, 6.45) is 2.19. The number of rotatable bonds is 4. The minimum atomic E-state index is -1.12. The Bertz CT molecular complexity index is 651. The van der Waals surface area contributed by atoms with Crippen LogP contribution in [0.1, 0.15) is 5.56 Å². The molecule has 0 amide bonds. The molecular formula is C15H10ClFO3. The molecule has 0 aromatic heterocycles. The van der Waals surface area contributed by atoms with E-state index in [9.17, 15) is 9.18 Å². The number of hydrogen-bond donors (Lipinski definition) is 1. The highest BCUT2D eigenvalue weighted by Gasteiger charge is 2.09. The summed E-state index contributed by atoms with van der Waals surface area (Å²) in [5, 5.41) is 9.16. The van der Waals surface area contributed by atoms with Crippen LogP contribution in [-0.2, 0) is 4.79 Å². The molecule has 102 valence electrons. The van der Waals surface area contributed by atoms with E-state index < -0.39 is 11.8 Å². The summed E-state index contributed by atoms with van der Waals surface area (Å²) in [5.41, 5.74) is 0.336. The molecule has 0 atom stereocenters. The zero-order chi connectivity index (χ0) is 14.5. The van der Waals surface area contributed by atoms with Gasteiger partial charge in [0, 0.05) is 16.7 Å². The molecule has 0 saturated carbocycles. The Balaban J connectivity index is 2.34. The van der Waals surface area contributed by atoms with Crippen molar-refractivity contribution in [1.82, 2.24) is 0 Å². The molecule has 0 radical (unpaired) electrons. The Labute approximate surface area is 119 Å². The van der Waals surface area contributed by atoms with Gasteiger partial charge in [0.25, 0.3) is 0 Å². The summed E-state index contributed by atoms with van der Waals surface area (Å²) in [4.78, 5) is 10.5. The Kier molecular flexibility index (Phi) is 4.38. The van der Waals surface area contributed by atoms with Gasteiger partial charge in [0.2, 0.25) is 0 Å². The highest BCUT2D eigenvalue weighted by molar-refractivity contribution is 6.30. The molecule has 0 bridgehead atoms. The van der Waals surface area contributed by atoms with Gasteiger partial charge < -0.3 is 9.84 Å². The van der Waals surface area contributed by atoms with Crippen LogP contribution in [0.2, 0.25) is 5.02 Å². The lowest BCUT2D eigenvalue weighted by Crippen LogP contribution is -1.92. The second kappa shape index (κ2) is 6.21. The number of aliphatic carboxylic acids is 1. The normalized spacial score (nSPS) is 10.7. The van der Waals surface area contributed by atoms with Crippen molar-refractivity contribution in [2.45, 2.75) is 0 Å². The van der Waals surface area contributed by atoms with Crippen LogP contribution in [0.3, 0.4) is 0 Å². The smallest absolute Gasteiger partial charge is 0.328 e. The molecule has 0 aliphatic rings. The number of hydrogen-bond acceptors (Lipinski definition) is 2. The third kappa shape index (κ3) is 3.59. The lowest BCUT2D eigenvalue weighted by atomic mass is 10.1. The van der Waals surface area contributed by atoms with E-state index in [-0.39, 0.29) is 5.75 Å². The van der Waals surface area contributed by atoms with Crippen LogP contribution in [0, 0.1) is 5.82 Å². The van der Waals surface area contributed by atoms with E-state index in [1.807, 2.05) is 0 Å². The summed E-state index contributed by atoms with van der Waals surface area (Å²) >= 11 is 5.76. The quantitative estimate of drug-likeness (QED) is 0.851. The van der Waals surface area contributed by atoms with Crippen molar-refractivity contribution in [3.63, 3.8) is 0 Å². The monoisotopic (exact) mass is 292 g/mol. The molecular weight excluding hydrogens is 283 g/mol. The van der Waals surface area contributed by atoms with Crippen molar-refractivity contribution in [2.75, 3.05) is 0 Å². The molecule has 0 spiro atoms. The maximum atomic E-state index is 13.8. The number of ether oxygens (including phenoxy) is 1. The molecule has 1 N–H and O–H groups in total. The number of benzene rings is 2. The molecule has 2 aromatic carbocycles. The molecule has 5 heteroatoms. The van der Waals surface area contributed by atoms with Crippen molar-refractivity contribution in [3.05, 3.63) is 64.9 Å². The fourth-order valence-corrected chi connectivity index (χ4v) is 1.67. The third-order valence-corrected chi connectivity index (χ3v) is 2.69. The van der Waals surface area contributed by atoms with Gasteiger partial charge >= 0.3 is 5.97 Å². The van der Waals surface area contributed by atoms with E-state index >= 15 is 0 Å². The number of halogens is 2. The predicted octanol–water partition coefficient (Wildman–Crippen LogP) is 4.37. The molecule has 3 nitrogen and oxygen atoms in total. The third-order valence-electron chi connectivity index (χ3n) is 2.44. The predicted molar refractivity (Wildman–Crippen MR) is 74.6 cm³/mol. The van der Waals surface area contributed by atoms with Gasteiger partial charge in [-0.3, -0.25) is 0 Å². The number of carboxylic acid groups (broad SMARTS) is 1. The van der Waals surface area contributed by atoms with E-state index in [0.717, 1.165) is 6.08 Å². The van der Waals surface area contributed by atoms with Crippen LogP contribution < -0.4 is 4.74 Å². The van der Waals surface area contributed by atoms with Gasteiger partial charge in [0.15, 0.2) is 11.6 Å². The Morgan fingerprint density at radius 1 is 1.20 bits per heavy atom. The van der Waals surface area contributed by atoms with Gasteiger partial charge in [-0.2, -0.15) is 0 Å². The van der Waals surface area contributed by atoms with Gasteiger partial charge in [-0.25, -0.2) is 9.18 Å².